The molecule has 1 aliphatic heterocycles. The third-order valence-electron chi connectivity index (χ3n) is 4.63. The van der Waals surface area contributed by atoms with Gasteiger partial charge in [0.05, 0.1) is 37.5 Å². The molecule has 1 aromatic carbocycles. The van der Waals surface area contributed by atoms with Crippen molar-refractivity contribution in [2.45, 2.75) is 18.9 Å². The van der Waals surface area contributed by atoms with Gasteiger partial charge in [0.15, 0.2) is 17.2 Å². The molecule has 0 atom stereocenters. The summed E-state index contributed by atoms with van der Waals surface area (Å²) < 4.78 is 21.1. The molecular weight excluding hydrogens is 323 g/mol. The Morgan fingerprint density at radius 3 is 2.72 bits per heavy atom. The number of fused-ring (bicyclic) bond motifs is 1. The number of methoxy groups -OCH3 is 1. The summed E-state index contributed by atoms with van der Waals surface area (Å²) in [7, 11) is 1.45. The fraction of sp³-hybridized carbons (Fsp3) is 0.333. The van der Waals surface area contributed by atoms with Crippen LogP contribution in [0.2, 0.25) is 0 Å². The number of aliphatic hydroxyl groups is 1. The van der Waals surface area contributed by atoms with Crippen LogP contribution in [0.4, 0.5) is 10.2 Å². The summed E-state index contributed by atoms with van der Waals surface area (Å²) in [5, 5.41) is 9.74. The van der Waals surface area contributed by atoms with Crippen molar-refractivity contribution in [1.29, 1.82) is 0 Å². The second kappa shape index (κ2) is 6.33. The molecule has 3 aromatic rings. The van der Waals surface area contributed by atoms with E-state index in [-0.39, 0.29) is 11.9 Å². The van der Waals surface area contributed by atoms with E-state index in [9.17, 15) is 9.50 Å². The molecule has 2 aromatic heterocycles. The van der Waals surface area contributed by atoms with Gasteiger partial charge in [-0.25, -0.2) is 9.37 Å². The van der Waals surface area contributed by atoms with Crippen LogP contribution in [0.5, 0.6) is 5.75 Å². The molecule has 0 saturated carbocycles. The Kier molecular flexibility index (Phi) is 4.01. The third-order valence-corrected chi connectivity index (χ3v) is 4.63. The highest BCUT2D eigenvalue weighted by molar-refractivity contribution is 5.67. The van der Waals surface area contributed by atoms with Crippen LogP contribution in [0.15, 0.2) is 36.8 Å². The summed E-state index contributed by atoms with van der Waals surface area (Å²) in [4.78, 5) is 10.9. The van der Waals surface area contributed by atoms with Crippen molar-refractivity contribution in [3.8, 4) is 17.0 Å². The number of imidazole rings is 1. The molecule has 7 heteroatoms. The number of hydrogen-bond acceptors (Lipinski definition) is 5. The zero-order valence-corrected chi connectivity index (χ0v) is 13.9. The number of anilines is 1. The van der Waals surface area contributed by atoms with Gasteiger partial charge in [-0.1, -0.05) is 0 Å². The monoisotopic (exact) mass is 342 g/mol. The first-order valence-corrected chi connectivity index (χ1v) is 8.26. The molecule has 0 unspecified atom stereocenters. The van der Waals surface area contributed by atoms with E-state index in [1.807, 2.05) is 10.5 Å². The smallest absolute Gasteiger partial charge is 0.165 e. The maximum Gasteiger partial charge on any atom is 0.165 e. The van der Waals surface area contributed by atoms with E-state index in [0.29, 0.717) is 5.65 Å². The van der Waals surface area contributed by atoms with Crippen molar-refractivity contribution in [3.05, 3.63) is 42.6 Å². The number of piperidine rings is 1. The van der Waals surface area contributed by atoms with Crippen molar-refractivity contribution in [3.63, 3.8) is 0 Å². The highest BCUT2D eigenvalue weighted by Gasteiger charge is 2.21. The van der Waals surface area contributed by atoms with E-state index < -0.39 is 5.82 Å². The minimum absolute atomic E-state index is 0.212. The van der Waals surface area contributed by atoms with Crippen LogP contribution in [0.25, 0.3) is 16.9 Å². The van der Waals surface area contributed by atoms with Crippen LogP contribution < -0.4 is 9.64 Å². The Hall–Kier alpha value is -2.67. The van der Waals surface area contributed by atoms with E-state index >= 15 is 0 Å². The van der Waals surface area contributed by atoms with Crippen molar-refractivity contribution in [2.75, 3.05) is 25.1 Å². The SMILES string of the molecule is COc1ccc(-c2cnc3cncc(N4CCC(O)CC4)n23)cc1F. The summed E-state index contributed by atoms with van der Waals surface area (Å²) in [5.74, 6) is 0.698. The van der Waals surface area contributed by atoms with Crippen LogP contribution in [0, 0.1) is 5.82 Å². The van der Waals surface area contributed by atoms with Crippen LogP contribution >= 0.6 is 0 Å². The Bertz CT molecular complexity index is 903. The molecule has 1 N–H and O–H groups in total. The molecule has 4 rings (SSSR count). The van der Waals surface area contributed by atoms with E-state index in [0.717, 1.165) is 43.0 Å². The van der Waals surface area contributed by atoms with Crippen LogP contribution in [0.3, 0.4) is 0 Å². The minimum atomic E-state index is -0.411. The molecule has 1 aliphatic rings. The van der Waals surface area contributed by atoms with Crippen molar-refractivity contribution in [1.82, 2.24) is 14.4 Å². The molecule has 0 bridgehead atoms. The van der Waals surface area contributed by atoms with E-state index in [4.69, 9.17) is 4.74 Å². The molecule has 3 heterocycles. The number of hydrogen-bond donors (Lipinski definition) is 1. The molecule has 25 heavy (non-hydrogen) atoms. The van der Waals surface area contributed by atoms with Crippen LogP contribution in [0.1, 0.15) is 12.8 Å². The normalized spacial score (nSPS) is 15.7. The number of rotatable bonds is 3. The molecule has 1 saturated heterocycles. The molecule has 130 valence electrons. The predicted octanol–water partition coefficient (Wildman–Crippen LogP) is 2.51. The van der Waals surface area contributed by atoms with Gasteiger partial charge in [-0.05, 0) is 31.0 Å². The number of nitrogens with zero attached hydrogens (tertiary/aromatic N) is 4. The van der Waals surface area contributed by atoms with Crippen LogP contribution in [-0.2, 0) is 0 Å². The number of ether oxygens (including phenoxy) is 1. The van der Waals surface area contributed by atoms with Gasteiger partial charge < -0.3 is 14.7 Å². The summed E-state index contributed by atoms with van der Waals surface area (Å²) in [5.41, 5.74) is 2.21. The Morgan fingerprint density at radius 1 is 1.20 bits per heavy atom. The highest BCUT2D eigenvalue weighted by atomic mass is 19.1. The highest BCUT2D eigenvalue weighted by Crippen LogP contribution is 2.30. The lowest BCUT2D eigenvalue weighted by Crippen LogP contribution is -2.36. The molecule has 1 fully saturated rings. The lowest BCUT2D eigenvalue weighted by atomic mass is 10.1. The summed E-state index contributed by atoms with van der Waals surface area (Å²) in [6.07, 6.45) is 6.39. The van der Waals surface area contributed by atoms with Gasteiger partial charge in [0.2, 0.25) is 0 Å². The molecule has 6 nitrogen and oxygen atoms in total. The second-order valence-electron chi connectivity index (χ2n) is 6.17. The zero-order valence-electron chi connectivity index (χ0n) is 13.9. The van der Waals surface area contributed by atoms with Crippen molar-refractivity contribution in [2.24, 2.45) is 0 Å². The number of aliphatic hydroxyl groups excluding tert-OH is 1. The number of halogens is 1. The maximum absolute atomic E-state index is 14.1. The predicted molar refractivity (Wildman–Crippen MR) is 92.4 cm³/mol. The Balaban J connectivity index is 1.81. The van der Waals surface area contributed by atoms with Gasteiger partial charge in [0.1, 0.15) is 5.82 Å². The van der Waals surface area contributed by atoms with Crippen molar-refractivity contribution >= 4 is 11.5 Å². The van der Waals surface area contributed by atoms with Gasteiger partial charge in [-0.3, -0.25) is 9.38 Å². The summed E-state index contributed by atoms with van der Waals surface area (Å²) >= 11 is 0. The summed E-state index contributed by atoms with van der Waals surface area (Å²) in [6, 6.07) is 4.88. The topological polar surface area (TPSA) is 62.9 Å². The van der Waals surface area contributed by atoms with Gasteiger partial charge in [-0.2, -0.15) is 0 Å². The molecule has 0 aliphatic carbocycles. The van der Waals surface area contributed by atoms with E-state index in [1.54, 1.807) is 24.7 Å². The molecular formula is C18H19FN4O2. The van der Waals surface area contributed by atoms with Crippen molar-refractivity contribution < 1.29 is 14.2 Å². The first kappa shape index (κ1) is 15.8. The van der Waals surface area contributed by atoms with E-state index in [1.165, 1.54) is 13.2 Å². The maximum atomic E-state index is 14.1. The van der Waals surface area contributed by atoms with Gasteiger partial charge in [0, 0.05) is 18.7 Å². The first-order valence-electron chi connectivity index (χ1n) is 8.26. The summed E-state index contributed by atoms with van der Waals surface area (Å²) in [6.45, 7) is 1.49. The van der Waals surface area contributed by atoms with Gasteiger partial charge in [0.25, 0.3) is 0 Å². The minimum Gasteiger partial charge on any atom is -0.494 e. The Labute approximate surface area is 144 Å². The largest absolute Gasteiger partial charge is 0.494 e. The molecule has 0 radical (unpaired) electrons. The number of benzene rings is 1. The zero-order chi connectivity index (χ0) is 17.4. The lowest BCUT2D eigenvalue weighted by molar-refractivity contribution is 0.145. The van der Waals surface area contributed by atoms with Crippen LogP contribution in [-0.4, -0.2) is 45.8 Å². The average Bonchev–Trinajstić information content (AvgIpc) is 3.06. The fourth-order valence-corrected chi connectivity index (χ4v) is 3.27. The first-order chi connectivity index (χ1) is 12.2. The van der Waals surface area contributed by atoms with Gasteiger partial charge >= 0.3 is 0 Å². The average molecular weight is 342 g/mol. The van der Waals surface area contributed by atoms with Gasteiger partial charge in [-0.15, -0.1) is 0 Å². The quantitative estimate of drug-likeness (QED) is 0.792. The lowest BCUT2D eigenvalue weighted by Gasteiger charge is -2.31. The third kappa shape index (κ3) is 2.80. The Morgan fingerprint density at radius 2 is 2.00 bits per heavy atom. The van der Waals surface area contributed by atoms with E-state index in [2.05, 4.69) is 14.9 Å². The number of aromatic nitrogens is 3. The second-order valence-corrected chi connectivity index (χ2v) is 6.17. The standard InChI is InChI=1S/C18H19FN4O2/c1-25-16-3-2-12(8-14(16)19)15-9-21-17-10-20-11-18(23(15)17)22-6-4-13(24)5-7-22/h2-3,8-11,13,24H,4-7H2,1H3. The molecule has 0 amide bonds. The fourth-order valence-electron chi connectivity index (χ4n) is 3.27. The molecule has 0 spiro atoms.